The Morgan fingerprint density at radius 1 is 1.30 bits per heavy atom. The molecule has 7 heteroatoms. The zero-order chi connectivity index (χ0) is 16.7. The summed E-state index contributed by atoms with van der Waals surface area (Å²) in [6, 6.07) is 7.77. The zero-order valence-electron chi connectivity index (χ0n) is 13.6. The molecule has 0 saturated heterocycles. The number of aromatic nitrogens is 2. The van der Waals surface area contributed by atoms with Crippen LogP contribution in [0.4, 0.5) is 10.8 Å². The normalized spacial score (nSPS) is 12.0. The molecule has 5 nitrogen and oxygen atoms in total. The van der Waals surface area contributed by atoms with Crippen LogP contribution in [0.5, 0.6) is 0 Å². The number of anilines is 2. The highest BCUT2D eigenvalue weighted by Crippen LogP contribution is 2.29. The van der Waals surface area contributed by atoms with E-state index in [1.54, 1.807) is 0 Å². The van der Waals surface area contributed by atoms with Crippen LogP contribution in [0.15, 0.2) is 28.6 Å². The van der Waals surface area contributed by atoms with Crippen molar-refractivity contribution in [2.75, 3.05) is 17.2 Å². The molecule has 0 bridgehead atoms. The first-order valence-electron chi connectivity index (χ1n) is 7.70. The Hall–Kier alpha value is -1.60. The van der Waals surface area contributed by atoms with Crippen molar-refractivity contribution in [2.45, 2.75) is 43.2 Å². The molecule has 23 heavy (non-hydrogen) atoms. The molecule has 0 spiro atoms. The number of nitrogens with zero attached hydrogens (tertiary/aromatic N) is 2. The SMILES string of the molecule is CCCCNc1nnc(S[C@H](C)C(=O)Nc2ccc(C)cc2)s1. The van der Waals surface area contributed by atoms with Crippen molar-refractivity contribution in [3.63, 3.8) is 0 Å². The van der Waals surface area contributed by atoms with E-state index in [0.29, 0.717) is 0 Å². The van der Waals surface area contributed by atoms with Gasteiger partial charge >= 0.3 is 0 Å². The maximum absolute atomic E-state index is 12.2. The maximum atomic E-state index is 12.2. The van der Waals surface area contributed by atoms with Gasteiger partial charge in [0.1, 0.15) is 0 Å². The molecule has 124 valence electrons. The molecule has 2 aromatic rings. The van der Waals surface area contributed by atoms with Gasteiger partial charge in [0, 0.05) is 12.2 Å². The van der Waals surface area contributed by atoms with Gasteiger partial charge in [0.05, 0.1) is 5.25 Å². The minimum atomic E-state index is -0.229. The van der Waals surface area contributed by atoms with Crippen molar-refractivity contribution in [1.82, 2.24) is 10.2 Å². The Balaban J connectivity index is 1.84. The molecule has 1 aromatic heterocycles. The second-order valence-corrected chi connectivity index (χ2v) is 7.83. The number of rotatable bonds is 8. The molecule has 1 aromatic carbocycles. The number of thioether (sulfide) groups is 1. The first kappa shape index (κ1) is 17.7. The number of benzene rings is 1. The predicted molar refractivity (Wildman–Crippen MR) is 98.4 cm³/mol. The molecule has 2 N–H and O–H groups in total. The van der Waals surface area contributed by atoms with E-state index < -0.39 is 0 Å². The number of aryl methyl sites for hydroxylation is 1. The summed E-state index contributed by atoms with van der Waals surface area (Å²) in [5.41, 5.74) is 1.98. The Morgan fingerprint density at radius 3 is 2.74 bits per heavy atom. The minimum absolute atomic E-state index is 0.0328. The van der Waals surface area contributed by atoms with Gasteiger partial charge in [-0.25, -0.2) is 0 Å². The molecular weight excluding hydrogens is 328 g/mol. The van der Waals surface area contributed by atoms with Crippen molar-refractivity contribution in [3.05, 3.63) is 29.8 Å². The Morgan fingerprint density at radius 2 is 2.04 bits per heavy atom. The minimum Gasteiger partial charge on any atom is -0.360 e. The number of amides is 1. The lowest BCUT2D eigenvalue weighted by Crippen LogP contribution is -2.22. The summed E-state index contributed by atoms with van der Waals surface area (Å²) in [4.78, 5) is 12.2. The molecule has 0 saturated carbocycles. The highest BCUT2D eigenvalue weighted by molar-refractivity contribution is 8.02. The van der Waals surface area contributed by atoms with Gasteiger partial charge in [-0.2, -0.15) is 0 Å². The van der Waals surface area contributed by atoms with Crippen molar-refractivity contribution in [1.29, 1.82) is 0 Å². The molecule has 0 aliphatic carbocycles. The van der Waals surface area contributed by atoms with Gasteiger partial charge in [0.2, 0.25) is 11.0 Å². The third-order valence-corrected chi connectivity index (χ3v) is 5.24. The largest absolute Gasteiger partial charge is 0.360 e. The van der Waals surface area contributed by atoms with Crippen LogP contribution in [-0.2, 0) is 4.79 Å². The first-order chi connectivity index (χ1) is 11.1. The second-order valence-electron chi connectivity index (χ2n) is 5.27. The van der Waals surface area contributed by atoms with E-state index in [-0.39, 0.29) is 11.2 Å². The van der Waals surface area contributed by atoms with Crippen LogP contribution in [-0.4, -0.2) is 27.9 Å². The summed E-state index contributed by atoms with van der Waals surface area (Å²) < 4.78 is 0.801. The third-order valence-electron chi connectivity index (χ3n) is 3.18. The number of hydrogen-bond acceptors (Lipinski definition) is 6. The van der Waals surface area contributed by atoms with Crippen molar-refractivity contribution in [2.24, 2.45) is 0 Å². The van der Waals surface area contributed by atoms with Gasteiger partial charge in [0.25, 0.3) is 0 Å². The van der Waals surface area contributed by atoms with Crippen LogP contribution in [0.25, 0.3) is 0 Å². The zero-order valence-corrected chi connectivity index (χ0v) is 15.3. The number of hydrogen-bond donors (Lipinski definition) is 2. The lowest BCUT2D eigenvalue weighted by Gasteiger charge is -2.10. The number of unbranched alkanes of at least 4 members (excludes halogenated alkanes) is 1. The molecule has 2 rings (SSSR count). The van der Waals surface area contributed by atoms with E-state index in [0.717, 1.165) is 34.5 Å². The monoisotopic (exact) mass is 350 g/mol. The Bertz CT molecular complexity index is 627. The summed E-state index contributed by atoms with van der Waals surface area (Å²) in [6.45, 7) is 6.95. The summed E-state index contributed by atoms with van der Waals surface area (Å²) >= 11 is 2.91. The van der Waals surface area contributed by atoms with Crippen LogP contribution in [0.2, 0.25) is 0 Å². The third kappa shape index (κ3) is 5.84. The number of carbonyl (C=O) groups is 1. The number of nitrogens with one attached hydrogen (secondary N) is 2. The maximum Gasteiger partial charge on any atom is 0.237 e. The summed E-state index contributed by atoms with van der Waals surface area (Å²) in [6.07, 6.45) is 2.25. The summed E-state index contributed by atoms with van der Waals surface area (Å²) in [7, 11) is 0. The van der Waals surface area contributed by atoms with Gasteiger partial charge in [-0.15, -0.1) is 10.2 Å². The topological polar surface area (TPSA) is 66.9 Å². The van der Waals surface area contributed by atoms with Crippen LogP contribution in [0.1, 0.15) is 32.3 Å². The molecule has 0 radical (unpaired) electrons. The van der Waals surface area contributed by atoms with Gasteiger partial charge < -0.3 is 10.6 Å². The number of carbonyl (C=O) groups excluding carboxylic acids is 1. The molecule has 0 fully saturated rings. The van der Waals surface area contributed by atoms with Gasteiger partial charge in [-0.3, -0.25) is 4.79 Å². The van der Waals surface area contributed by atoms with E-state index >= 15 is 0 Å². The summed E-state index contributed by atoms with van der Waals surface area (Å²) in [5.74, 6) is -0.0328. The molecule has 1 heterocycles. The first-order valence-corrected chi connectivity index (χ1v) is 9.39. The Labute approximate surface area is 145 Å². The lowest BCUT2D eigenvalue weighted by atomic mass is 10.2. The van der Waals surface area contributed by atoms with Gasteiger partial charge in [-0.05, 0) is 32.4 Å². The van der Waals surface area contributed by atoms with Crippen molar-refractivity contribution >= 4 is 39.8 Å². The average Bonchev–Trinajstić information content (AvgIpc) is 2.97. The van der Waals surface area contributed by atoms with Gasteiger partial charge in [-0.1, -0.05) is 54.1 Å². The lowest BCUT2D eigenvalue weighted by molar-refractivity contribution is -0.115. The molecule has 0 aliphatic heterocycles. The average molecular weight is 351 g/mol. The predicted octanol–water partition coefficient (Wildman–Crippen LogP) is 4.18. The molecule has 0 unspecified atom stereocenters. The van der Waals surface area contributed by atoms with Crippen LogP contribution in [0.3, 0.4) is 0 Å². The van der Waals surface area contributed by atoms with Crippen LogP contribution < -0.4 is 10.6 Å². The highest BCUT2D eigenvalue weighted by Gasteiger charge is 2.17. The van der Waals surface area contributed by atoms with Crippen LogP contribution in [0, 0.1) is 6.92 Å². The highest BCUT2D eigenvalue weighted by atomic mass is 32.2. The van der Waals surface area contributed by atoms with E-state index in [2.05, 4.69) is 27.8 Å². The molecular formula is C16H22N4OS2. The van der Waals surface area contributed by atoms with Crippen molar-refractivity contribution in [3.8, 4) is 0 Å². The molecule has 1 amide bonds. The van der Waals surface area contributed by atoms with Crippen LogP contribution >= 0.6 is 23.1 Å². The fourth-order valence-electron chi connectivity index (χ4n) is 1.79. The van der Waals surface area contributed by atoms with Gasteiger partial charge in [0.15, 0.2) is 4.34 Å². The quantitative estimate of drug-likeness (QED) is 0.552. The fraction of sp³-hybridized carbons (Fsp3) is 0.438. The van der Waals surface area contributed by atoms with E-state index in [1.807, 2.05) is 38.1 Å². The van der Waals surface area contributed by atoms with E-state index in [1.165, 1.54) is 28.7 Å². The Kier molecular flexibility index (Phi) is 6.85. The molecule has 0 aliphatic rings. The smallest absolute Gasteiger partial charge is 0.237 e. The van der Waals surface area contributed by atoms with E-state index in [9.17, 15) is 4.79 Å². The standard InChI is InChI=1S/C16H22N4OS2/c1-4-5-10-17-15-19-20-16(23-15)22-12(3)14(21)18-13-8-6-11(2)7-9-13/h6-9,12H,4-5,10H2,1-3H3,(H,17,19)(H,18,21)/t12-/m1/s1. The van der Waals surface area contributed by atoms with Crippen molar-refractivity contribution < 1.29 is 4.79 Å². The summed E-state index contributed by atoms with van der Waals surface area (Å²) in [5, 5.41) is 15.0. The second kappa shape index (κ2) is 8.88. The van der Waals surface area contributed by atoms with E-state index in [4.69, 9.17) is 0 Å². The molecule has 1 atom stereocenters. The fourth-order valence-corrected chi connectivity index (χ4v) is 3.71.